The second-order valence-electron chi connectivity index (χ2n) is 5.34. The summed E-state index contributed by atoms with van der Waals surface area (Å²) in [6, 6.07) is 13.7. The maximum Gasteiger partial charge on any atom is 0.261 e. The minimum Gasteiger partial charge on any atom is -0.493 e. The molecular formula is C18H17NO4. The van der Waals surface area contributed by atoms with Gasteiger partial charge >= 0.3 is 0 Å². The van der Waals surface area contributed by atoms with Gasteiger partial charge in [0.25, 0.3) is 11.8 Å². The zero-order chi connectivity index (χ0) is 16.4. The van der Waals surface area contributed by atoms with Crippen LogP contribution in [0.5, 0.6) is 11.5 Å². The Morgan fingerprint density at radius 1 is 0.913 bits per heavy atom. The first-order valence-electron chi connectivity index (χ1n) is 7.36. The van der Waals surface area contributed by atoms with Crippen molar-refractivity contribution >= 4 is 11.8 Å². The maximum atomic E-state index is 12.4. The quantitative estimate of drug-likeness (QED) is 0.797. The second-order valence-corrected chi connectivity index (χ2v) is 5.34. The Kier molecular flexibility index (Phi) is 4.02. The number of rotatable bonds is 5. The van der Waals surface area contributed by atoms with Crippen molar-refractivity contribution in [2.45, 2.75) is 13.0 Å². The monoisotopic (exact) mass is 311 g/mol. The lowest BCUT2D eigenvalue weighted by Gasteiger charge is -2.23. The lowest BCUT2D eigenvalue weighted by atomic mass is 10.1. The highest BCUT2D eigenvalue weighted by Crippen LogP contribution is 2.28. The van der Waals surface area contributed by atoms with E-state index >= 15 is 0 Å². The van der Waals surface area contributed by atoms with Crippen molar-refractivity contribution in [1.29, 1.82) is 0 Å². The molecule has 0 radical (unpaired) electrons. The third-order valence-corrected chi connectivity index (χ3v) is 3.82. The van der Waals surface area contributed by atoms with E-state index in [1.807, 2.05) is 12.1 Å². The van der Waals surface area contributed by atoms with Gasteiger partial charge in [-0.1, -0.05) is 24.3 Å². The molecule has 1 aliphatic rings. The Labute approximate surface area is 134 Å². The van der Waals surface area contributed by atoms with E-state index in [2.05, 4.69) is 0 Å². The van der Waals surface area contributed by atoms with Crippen LogP contribution >= 0.6 is 0 Å². The van der Waals surface area contributed by atoms with E-state index in [0.717, 1.165) is 0 Å². The van der Waals surface area contributed by atoms with Gasteiger partial charge in [0.1, 0.15) is 6.61 Å². The largest absolute Gasteiger partial charge is 0.493 e. The minimum atomic E-state index is -0.382. The first-order valence-corrected chi connectivity index (χ1v) is 7.36. The number of imide groups is 1. The molecule has 0 bridgehead atoms. The summed E-state index contributed by atoms with van der Waals surface area (Å²) in [7, 11) is 1.57. The summed E-state index contributed by atoms with van der Waals surface area (Å²) >= 11 is 0. The van der Waals surface area contributed by atoms with Crippen molar-refractivity contribution in [2.75, 3.05) is 13.7 Å². The molecule has 0 aromatic heterocycles. The molecule has 2 amide bonds. The molecule has 0 N–H and O–H groups in total. The van der Waals surface area contributed by atoms with Crippen LogP contribution in [0.2, 0.25) is 0 Å². The van der Waals surface area contributed by atoms with Gasteiger partial charge in [-0.25, -0.2) is 0 Å². The fraction of sp³-hybridized carbons (Fsp3) is 0.222. The lowest BCUT2D eigenvalue weighted by Crippen LogP contribution is -2.41. The molecule has 5 nitrogen and oxygen atoms in total. The van der Waals surface area contributed by atoms with E-state index in [4.69, 9.17) is 9.47 Å². The second kappa shape index (κ2) is 6.12. The third-order valence-electron chi connectivity index (χ3n) is 3.82. The van der Waals surface area contributed by atoms with Crippen molar-refractivity contribution < 1.29 is 19.1 Å². The predicted molar refractivity (Wildman–Crippen MR) is 84.9 cm³/mol. The van der Waals surface area contributed by atoms with Crippen LogP contribution in [-0.2, 0) is 0 Å². The van der Waals surface area contributed by atoms with Gasteiger partial charge in [0, 0.05) is 0 Å². The summed E-state index contributed by atoms with van der Waals surface area (Å²) in [5, 5.41) is 0. The van der Waals surface area contributed by atoms with Gasteiger partial charge in [-0.05, 0) is 31.2 Å². The zero-order valence-corrected chi connectivity index (χ0v) is 13.0. The summed E-state index contributed by atoms with van der Waals surface area (Å²) in [5.41, 5.74) is 0.892. The van der Waals surface area contributed by atoms with E-state index in [1.54, 1.807) is 50.4 Å². The summed E-state index contributed by atoms with van der Waals surface area (Å²) in [6.45, 7) is 1.99. The van der Waals surface area contributed by atoms with Gasteiger partial charge in [-0.3, -0.25) is 14.5 Å². The van der Waals surface area contributed by atoms with Crippen LogP contribution in [0.25, 0.3) is 0 Å². The number of carbonyl (C=O) groups excluding carboxylic acids is 2. The minimum absolute atomic E-state index is 0.200. The Balaban J connectivity index is 1.74. The van der Waals surface area contributed by atoms with Crippen LogP contribution in [-0.4, -0.2) is 36.5 Å². The molecule has 1 atom stereocenters. The number of hydrogen-bond donors (Lipinski definition) is 0. The van der Waals surface area contributed by atoms with E-state index in [0.29, 0.717) is 22.6 Å². The number of fused-ring (bicyclic) bond motifs is 1. The van der Waals surface area contributed by atoms with Crippen LogP contribution in [0.1, 0.15) is 27.6 Å². The van der Waals surface area contributed by atoms with Crippen LogP contribution in [0.3, 0.4) is 0 Å². The SMILES string of the molecule is COc1ccccc1OC[C@@H](C)N1C(=O)c2ccccc2C1=O. The van der Waals surface area contributed by atoms with Gasteiger partial charge < -0.3 is 9.47 Å². The number of hydrogen-bond acceptors (Lipinski definition) is 4. The molecule has 0 saturated heterocycles. The van der Waals surface area contributed by atoms with Crippen molar-refractivity contribution in [2.24, 2.45) is 0 Å². The average molecular weight is 311 g/mol. The van der Waals surface area contributed by atoms with Gasteiger partial charge in [0.05, 0.1) is 24.3 Å². The molecule has 5 heteroatoms. The van der Waals surface area contributed by atoms with Crippen molar-refractivity contribution in [1.82, 2.24) is 4.90 Å². The molecule has 0 fully saturated rings. The lowest BCUT2D eigenvalue weighted by molar-refractivity contribution is 0.0550. The normalized spacial score (nSPS) is 14.6. The molecule has 23 heavy (non-hydrogen) atoms. The first-order chi connectivity index (χ1) is 11.1. The van der Waals surface area contributed by atoms with E-state index < -0.39 is 0 Å². The number of ether oxygens (including phenoxy) is 2. The van der Waals surface area contributed by atoms with E-state index in [9.17, 15) is 9.59 Å². The first kappa shape index (κ1) is 15.1. The Morgan fingerprint density at radius 3 is 2.00 bits per heavy atom. The fourth-order valence-electron chi connectivity index (χ4n) is 2.63. The highest BCUT2D eigenvalue weighted by atomic mass is 16.5. The number of para-hydroxylation sites is 2. The van der Waals surface area contributed by atoms with Gasteiger partial charge in [0.15, 0.2) is 11.5 Å². The van der Waals surface area contributed by atoms with Crippen molar-refractivity contribution in [3.8, 4) is 11.5 Å². The van der Waals surface area contributed by atoms with E-state index in [1.165, 1.54) is 4.90 Å². The van der Waals surface area contributed by atoms with Crippen LogP contribution in [0.15, 0.2) is 48.5 Å². The Bertz CT molecular complexity index is 721. The predicted octanol–water partition coefficient (Wildman–Crippen LogP) is 2.76. The maximum absolute atomic E-state index is 12.4. The van der Waals surface area contributed by atoms with Crippen molar-refractivity contribution in [3.05, 3.63) is 59.7 Å². The van der Waals surface area contributed by atoms with Crippen molar-refractivity contribution in [3.63, 3.8) is 0 Å². The molecular weight excluding hydrogens is 294 g/mol. The van der Waals surface area contributed by atoms with Gasteiger partial charge in [-0.15, -0.1) is 0 Å². The number of nitrogens with zero attached hydrogens (tertiary/aromatic N) is 1. The number of amides is 2. The summed E-state index contributed by atoms with van der Waals surface area (Å²) < 4.78 is 11.0. The Hall–Kier alpha value is -2.82. The molecule has 0 unspecified atom stereocenters. The summed E-state index contributed by atoms with van der Waals surface area (Å²) in [4.78, 5) is 26.1. The molecule has 3 rings (SSSR count). The standard InChI is InChI=1S/C18H17NO4/c1-12(11-23-16-10-6-5-9-15(16)22-2)19-17(20)13-7-3-4-8-14(13)18(19)21/h3-10,12H,11H2,1-2H3/t12-/m1/s1. The fourth-order valence-corrected chi connectivity index (χ4v) is 2.63. The average Bonchev–Trinajstić information content (AvgIpc) is 2.84. The number of carbonyl (C=O) groups is 2. The van der Waals surface area contributed by atoms with Crippen LogP contribution < -0.4 is 9.47 Å². The molecule has 1 aliphatic heterocycles. The molecule has 0 spiro atoms. The molecule has 0 aliphatic carbocycles. The summed E-state index contributed by atoms with van der Waals surface area (Å²) in [5.74, 6) is 0.643. The summed E-state index contributed by atoms with van der Waals surface area (Å²) in [6.07, 6.45) is 0. The number of benzene rings is 2. The molecule has 1 heterocycles. The highest BCUT2D eigenvalue weighted by molar-refractivity contribution is 6.21. The van der Waals surface area contributed by atoms with Crippen LogP contribution in [0.4, 0.5) is 0 Å². The van der Waals surface area contributed by atoms with Gasteiger partial charge in [-0.2, -0.15) is 0 Å². The topological polar surface area (TPSA) is 55.8 Å². The smallest absolute Gasteiger partial charge is 0.261 e. The Morgan fingerprint density at radius 2 is 1.43 bits per heavy atom. The molecule has 0 saturated carbocycles. The highest BCUT2D eigenvalue weighted by Gasteiger charge is 2.38. The number of methoxy groups -OCH3 is 1. The molecule has 2 aromatic rings. The third kappa shape index (κ3) is 2.65. The van der Waals surface area contributed by atoms with Crippen LogP contribution in [0, 0.1) is 0 Å². The zero-order valence-electron chi connectivity index (χ0n) is 13.0. The molecule has 118 valence electrons. The van der Waals surface area contributed by atoms with E-state index in [-0.39, 0.29) is 24.5 Å². The molecule has 2 aromatic carbocycles. The van der Waals surface area contributed by atoms with Gasteiger partial charge in [0.2, 0.25) is 0 Å².